The highest BCUT2D eigenvalue weighted by molar-refractivity contribution is 5.95. The van der Waals surface area contributed by atoms with Gasteiger partial charge in [-0.15, -0.1) is 37.2 Å². The third-order valence-electron chi connectivity index (χ3n) is 7.48. The number of nitrogens with one attached hydrogen (secondary N) is 3. The summed E-state index contributed by atoms with van der Waals surface area (Å²) in [6.45, 7) is 4.54. The van der Waals surface area contributed by atoms with Gasteiger partial charge in [-0.25, -0.2) is 0 Å². The second-order valence-corrected chi connectivity index (χ2v) is 9.92. The summed E-state index contributed by atoms with van der Waals surface area (Å²) in [5.74, 6) is -0.877. The molecule has 0 saturated carbocycles. The molecule has 3 aliphatic rings. The number of nitrogens with two attached hydrogens (primary N) is 1. The molecule has 3 rings (SSSR count). The molecule has 10 nitrogen and oxygen atoms in total. The second-order valence-electron chi connectivity index (χ2n) is 9.92. The fourth-order valence-corrected chi connectivity index (χ4v) is 5.37. The van der Waals surface area contributed by atoms with Crippen molar-refractivity contribution in [3.8, 4) is 0 Å². The topological polar surface area (TPSA) is 144 Å². The van der Waals surface area contributed by atoms with Crippen LogP contribution in [0.3, 0.4) is 0 Å². The highest BCUT2D eigenvalue weighted by Crippen LogP contribution is 2.28. The lowest BCUT2D eigenvalue weighted by molar-refractivity contribution is -0.141. The Bertz CT molecular complexity index is 683. The van der Waals surface area contributed by atoms with Crippen molar-refractivity contribution >= 4 is 54.9 Å². The Morgan fingerprint density at radius 3 is 2.31 bits per heavy atom. The number of nitrogens with zero attached hydrogens (tertiary/aromatic N) is 2. The van der Waals surface area contributed by atoms with Gasteiger partial charge in [0.25, 0.3) is 0 Å². The van der Waals surface area contributed by atoms with E-state index in [0.29, 0.717) is 32.5 Å². The number of hydrogen-bond acceptors (Lipinski definition) is 7. The van der Waals surface area contributed by atoms with Crippen LogP contribution in [0, 0.1) is 5.41 Å². The number of halogens is 3. The van der Waals surface area contributed by atoms with Crippen molar-refractivity contribution < 1.29 is 19.4 Å². The normalized spacial score (nSPS) is 24.5. The quantitative estimate of drug-likeness (QED) is 0.194. The third kappa shape index (κ3) is 10.1. The molecule has 6 N–H and O–H groups in total. The predicted octanol–water partition coefficient (Wildman–Crippen LogP) is 1.62. The summed E-state index contributed by atoms with van der Waals surface area (Å²) in [5.41, 5.74) is 4.83. The summed E-state index contributed by atoms with van der Waals surface area (Å²) in [5, 5.41) is 24.0. The third-order valence-corrected chi connectivity index (χ3v) is 7.48. The number of aliphatic carboxylic acids is 1. The first-order chi connectivity index (χ1) is 15.8. The molecule has 2 atom stereocenters. The number of rotatable bonds is 10. The number of carboxylic acids is 1. The molecule has 0 aromatic carbocycles. The van der Waals surface area contributed by atoms with Crippen molar-refractivity contribution in [3.63, 3.8) is 0 Å². The Morgan fingerprint density at radius 1 is 1.14 bits per heavy atom. The van der Waals surface area contributed by atoms with Crippen LogP contribution < -0.4 is 16.4 Å². The number of carbonyl (C=O) groups excluding carboxylic acids is 1. The highest BCUT2D eigenvalue weighted by atomic mass is 35.5. The number of Topliss-reactive ketones (excluding diaryl/α,β-unsaturated/α-hetero) is 1. The highest BCUT2D eigenvalue weighted by Gasteiger charge is 2.43. The average molecular weight is 576 g/mol. The molecule has 0 aromatic rings. The number of guanidine groups is 1. The van der Waals surface area contributed by atoms with E-state index in [1.54, 1.807) is 0 Å². The molecule has 3 saturated heterocycles. The number of piperidine rings is 3. The molecule has 0 radical (unpaired) electrons. The summed E-state index contributed by atoms with van der Waals surface area (Å²) in [6, 6.07) is -0.529. The molecule has 0 aromatic heterocycles. The lowest BCUT2D eigenvalue weighted by atomic mass is 9.78. The molecule has 36 heavy (non-hydrogen) atoms. The number of ether oxygens (including phenoxy) is 1. The van der Waals surface area contributed by atoms with Crippen LogP contribution in [0.25, 0.3) is 0 Å². The summed E-state index contributed by atoms with van der Waals surface area (Å²) in [6.07, 6.45) is 6.59. The minimum Gasteiger partial charge on any atom is -0.481 e. The first-order valence-corrected chi connectivity index (χ1v) is 12.5. The first kappa shape index (κ1) is 35.1. The Morgan fingerprint density at radius 2 is 1.78 bits per heavy atom. The summed E-state index contributed by atoms with van der Waals surface area (Å²) >= 11 is 0. The minimum absolute atomic E-state index is 0. The summed E-state index contributed by atoms with van der Waals surface area (Å²) < 4.78 is 6.14. The molecular formula is C23H45Cl3N6O4. The zero-order valence-electron chi connectivity index (χ0n) is 21.2. The van der Waals surface area contributed by atoms with E-state index in [1.807, 2.05) is 4.90 Å². The maximum Gasteiger partial charge on any atom is 0.305 e. The fourth-order valence-electron chi connectivity index (χ4n) is 5.37. The van der Waals surface area contributed by atoms with Gasteiger partial charge in [0, 0.05) is 25.7 Å². The maximum atomic E-state index is 13.8. The van der Waals surface area contributed by atoms with E-state index >= 15 is 0 Å². The molecule has 3 aliphatic heterocycles. The predicted molar refractivity (Wildman–Crippen MR) is 148 cm³/mol. The van der Waals surface area contributed by atoms with E-state index in [9.17, 15) is 14.7 Å². The Balaban J connectivity index is 0.00000408. The van der Waals surface area contributed by atoms with Gasteiger partial charge in [0.1, 0.15) is 0 Å². The van der Waals surface area contributed by atoms with Gasteiger partial charge in [-0.1, -0.05) is 0 Å². The van der Waals surface area contributed by atoms with Crippen molar-refractivity contribution in [2.24, 2.45) is 5.73 Å². The van der Waals surface area contributed by atoms with Crippen LogP contribution in [-0.2, 0) is 14.3 Å². The monoisotopic (exact) mass is 574 g/mol. The molecule has 3 fully saturated rings. The Hall–Kier alpha value is -0.880. The van der Waals surface area contributed by atoms with Crippen LogP contribution in [0.15, 0.2) is 0 Å². The van der Waals surface area contributed by atoms with Crippen LogP contribution in [0.5, 0.6) is 0 Å². The number of ketones is 1. The van der Waals surface area contributed by atoms with Crippen molar-refractivity contribution in [2.75, 3.05) is 46.4 Å². The molecule has 3 heterocycles. The Labute approximate surface area is 233 Å². The lowest BCUT2D eigenvalue weighted by Crippen LogP contribution is -2.62. The van der Waals surface area contributed by atoms with Gasteiger partial charge in [0.2, 0.25) is 0 Å². The fraction of sp³-hybridized carbons (Fsp3) is 0.870. The van der Waals surface area contributed by atoms with Gasteiger partial charge in [-0.05, 0) is 78.0 Å². The zero-order chi connectivity index (χ0) is 23.8. The number of carboxylic acid groups (broad SMARTS) is 1. The molecule has 212 valence electrons. The van der Waals surface area contributed by atoms with Crippen molar-refractivity contribution in [3.05, 3.63) is 0 Å². The second kappa shape index (κ2) is 16.9. The van der Waals surface area contributed by atoms with E-state index in [-0.39, 0.29) is 67.5 Å². The summed E-state index contributed by atoms with van der Waals surface area (Å²) in [7, 11) is 2.08. The van der Waals surface area contributed by atoms with E-state index in [1.165, 1.54) is 0 Å². The lowest BCUT2D eigenvalue weighted by Gasteiger charge is -2.41. The first-order valence-electron chi connectivity index (χ1n) is 12.5. The molecule has 0 aliphatic carbocycles. The zero-order valence-corrected chi connectivity index (χ0v) is 23.7. The van der Waals surface area contributed by atoms with Crippen molar-refractivity contribution in [1.82, 2.24) is 20.4 Å². The van der Waals surface area contributed by atoms with Gasteiger partial charge >= 0.3 is 5.97 Å². The van der Waals surface area contributed by atoms with E-state index in [0.717, 1.165) is 58.2 Å². The molecule has 0 bridgehead atoms. The van der Waals surface area contributed by atoms with Gasteiger partial charge in [0.15, 0.2) is 11.7 Å². The van der Waals surface area contributed by atoms with Gasteiger partial charge in [-0.3, -0.25) is 15.0 Å². The van der Waals surface area contributed by atoms with Crippen LogP contribution in [0.4, 0.5) is 0 Å². The van der Waals surface area contributed by atoms with Gasteiger partial charge in [0.05, 0.1) is 24.1 Å². The molecule has 0 spiro atoms. The molecule has 1 unspecified atom stereocenters. The van der Waals surface area contributed by atoms with Crippen molar-refractivity contribution in [2.45, 2.75) is 81.5 Å². The maximum absolute atomic E-state index is 13.8. The van der Waals surface area contributed by atoms with E-state index in [2.05, 4.69) is 22.6 Å². The molecule has 13 heteroatoms. The van der Waals surface area contributed by atoms with Gasteiger partial charge < -0.3 is 36.0 Å². The Kier molecular flexibility index (Phi) is 16.4. The van der Waals surface area contributed by atoms with Crippen molar-refractivity contribution in [1.29, 1.82) is 5.41 Å². The van der Waals surface area contributed by atoms with Crippen LogP contribution in [-0.4, -0.2) is 103 Å². The molecular weight excluding hydrogens is 531 g/mol. The SMILES string of the molecule is CN1CCC(N[C@@H](CC(=O)O)C(=O)C2(CCOC3CCN(C(=N)N)CC3)CCCCN2)CC1.Cl.Cl.Cl. The minimum atomic E-state index is -0.951. The van der Waals surface area contributed by atoms with Crippen LogP contribution in [0.1, 0.15) is 57.8 Å². The standard InChI is InChI=1S/C23H42N6O4.3ClH/c1-28-11-4-17(5-12-28)27-19(16-20(30)31)21(32)23(8-2-3-10-26-23)9-15-33-18-6-13-29(14-7-18)22(24)25;;;/h17-19,26-27H,2-16H2,1H3,(H3,24,25)(H,30,31);3*1H/t19-,23?;;;/m0.../s1. The van der Waals surface area contributed by atoms with E-state index < -0.39 is 17.6 Å². The van der Waals surface area contributed by atoms with E-state index in [4.69, 9.17) is 15.9 Å². The number of hydrogen-bond donors (Lipinski definition) is 5. The number of likely N-dealkylation sites (tertiary alicyclic amines) is 2. The average Bonchev–Trinajstić information content (AvgIpc) is 2.80. The van der Waals surface area contributed by atoms with Gasteiger partial charge in [-0.2, -0.15) is 0 Å². The molecule has 0 amide bonds. The largest absolute Gasteiger partial charge is 0.481 e. The number of carbonyl (C=O) groups is 2. The van der Waals surface area contributed by atoms with Crippen LogP contribution in [0.2, 0.25) is 0 Å². The smallest absolute Gasteiger partial charge is 0.305 e. The van der Waals surface area contributed by atoms with Crippen LogP contribution >= 0.6 is 37.2 Å². The summed E-state index contributed by atoms with van der Waals surface area (Å²) in [4.78, 5) is 29.5.